The molecule has 0 aromatic rings. The summed E-state index contributed by atoms with van der Waals surface area (Å²) in [5.74, 6) is 0.662. The van der Waals surface area contributed by atoms with E-state index in [1.165, 1.54) is 37.0 Å². The number of imide groups is 1. The van der Waals surface area contributed by atoms with Crippen molar-refractivity contribution < 1.29 is 9.59 Å². The molecular formula is C15H26N2O2. The van der Waals surface area contributed by atoms with Gasteiger partial charge < -0.3 is 5.32 Å². The Morgan fingerprint density at radius 3 is 2.37 bits per heavy atom. The molecule has 1 saturated heterocycles. The van der Waals surface area contributed by atoms with Crippen LogP contribution < -0.4 is 5.32 Å². The Kier molecular flexibility index (Phi) is 5.37. The van der Waals surface area contributed by atoms with Gasteiger partial charge >= 0.3 is 0 Å². The molecule has 1 heterocycles. The van der Waals surface area contributed by atoms with E-state index in [0.29, 0.717) is 31.3 Å². The predicted molar refractivity (Wildman–Crippen MR) is 74.6 cm³/mol. The molecule has 0 aromatic carbocycles. The summed E-state index contributed by atoms with van der Waals surface area (Å²) in [4.78, 5) is 25.0. The summed E-state index contributed by atoms with van der Waals surface area (Å²) in [5, 5.41) is 3.56. The van der Waals surface area contributed by atoms with Crippen LogP contribution in [0.3, 0.4) is 0 Å². The fraction of sp³-hybridized carbons (Fsp3) is 0.867. The molecule has 2 rings (SSSR count). The number of nitrogens with one attached hydrogen (secondary N) is 1. The second-order valence-corrected chi connectivity index (χ2v) is 5.86. The fourth-order valence-electron chi connectivity index (χ4n) is 3.27. The molecule has 4 heteroatoms. The smallest absolute Gasteiger partial charge is 0.229 e. The van der Waals surface area contributed by atoms with Gasteiger partial charge in [0.2, 0.25) is 11.8 Å². The lowest BCUT2D eigenvalue weighted by atomic mass is 9.83. The molecule has 19 heavy (non-hydrogen) atoms. The second kappa shape index (κ2) is 7.04. The molecule has 1 aliphatic heterocycles. The van der Waals surface area contributed by atoms with Crippen molar-refractivity contribution in [2.45, 2.75) is 64.3 Å². The molecule has 1 atom stereocenters. The van der Waals surface area contributed by atoms with E-state index in [1.807, 2.05) is 0 Å². The highest BCUT2D eigenvalue weighted by molar-refractivity contribution is 6.01. The van der Waals surface area contributed by atoms with Crippen LogP contribution in [0.4, 0.5) is 0 Å². The van der Waals surface area contributed by atoms with Crippen LogP contribution in [-0.4, -0.2) is 35.8 Å². The fourth-order valence-corrected chi connectivity index (χ4v) is 3.27. The van der Waals surface area contributed by atoms with Crippen LogP contribution in [0.15, 0.2) is 0 Å². The Balaban J connectivity index is 1.95. The van der Waals surface area contributed by atoms with E-state index in [9.17, 15) is 9.59 Å². The molecule has 0 spiro atoms. The number of hydrogen-bond donors (Lipinski definition) is 1. The van der Waals surface area contributed by atoms with Crippen molar-refractivity contribution in [3.05, 3.63) is 0 Å². The van der Waals surface area contributed by atoms with E-state index < -0.39 is 0 Å². The van der Waals surface area contributed by atoms with Crippen molar-refractivity contribution in [3.63, 3.8) is 0 Å². The van der Waals surface area contributed by atoms with Crippen LogP contribution in [0.25, 0.3) is 0 Å². The zero-order valence-corrected chi connectivity index (χ0v) is 12.0. The molecule has 0 bridgehead atoms. The molecule has 1 N–H and O–H groups in total. The topological polar surface area (TPSA) is 49.4 Å². The monoisotopic (exact) mass is 266 g/mol. The molecule has 2 fully saturated rings. The number of nitrogens with zero attached hydrogens (tertiary/aromatic N) is 1. The second-order valence-electron chi connectivity index (χ2n) is 5.86. The normalized spacial score (nSPS) is 23.1. The zero-order chi connectivity index (χ0) is 13.7. The maximum absolute atomic E-state index is 11.8. The van der Waals surface area contributed by atoms with Gasteiger partial charge in [-0.25, -0.2) is 0 Å². The summed E-state index contributed by atoms with van der Waals surface area (Å²) in [5.41, 5.74) is 0. The van der Waals surface area contributed by atoms with Gasteiger partial charge in [-0.3, -0.25) is 14.5 Å². The Hall–Kier alpha value is -0.900. The third kappa shape index (κ3) is 3.78. The Bertz CT molecular complexity index is 308. The van der Waals surface area contributed by atoms with Gasteiger partial charge in [0.1, 0.15) is 0 Å². The Morgan fingerprint density at radius 1 is 1.16 bits per heavy atom. The summed E-state index contributed by atoms with van der Waals surface area (Å²) in [6, 6.07) is 0.297. The average molecular weight is 266 g/mol. The predicted octanol–water partition coefficient (Wildman–Crippen LogP) is 2.08. The van der Waals surface area contributed by atoms with Crippen molar-refractivity contribution in [1.82, 2.24) is 10.2 Å². The minimum Gasteiger partial charge on any atom is -0.312 e. The first-order valence-corrected chi connectivity index (χ1v) is 7.79. The minimum absolute atomic E-state index is 0.0177. The lowest BCUT2D eigenvalue weighted by Crippen LogP contribution is -2.48. The molecule has 2 aliphatic rings. The zero-order valence-electron chi connectivity index (χ0n) is 12.0. The highest BCUT2D eigenvalue weighted by Gasteiger charge is 2.33. The Labute approximate surface area is 115 Å². The van der Waals surface area contributed by atoms with E-state index in [1.54, 1.807) is 0 Å². The molecule has 2 amide bonds. The average Bonchev–Trinajstić information content (AvgIpc) is 2.75. The number of amides is 2. The van der Waals surface area contributed by atoms with Gasteiger partial charge in [-0.05, 0) is 31.7 Å². The van der Waals surface area contributed by atoms with Crippen LogP contribution >= 0.6 is 0 Å². The summed E-state index contributed by atoms with van der Waals surface area (Å²) >= 11 is 0. The quantitative estimate of drug-likeness (QED) is 0.749. The summed E-state index contributed by atoms with van der Waals surface area (Å²) in [7, 11) is 0. The summed E-state index contributed by atoms with van der Waals surface area (Å²) in [6.45, 7) is 3.71. The van der Waals surface area contributed by atoms with E-state index in [4.69, 9.17) is 0 Å². The van der Waals surface area contributed by atoms with Crippen molar-refractivity contribution in [2.24, 2.45) is 5.92 Å². The third-order valence-electron chi connectivity index (χ3n) is 4.41. The largest absolute Gasteiger partial charge is 0.312 e. The van der Waals surface area contributed by atoms with Gasteiger partial charge in [0.15, 0.2) is 0 Å². The van der Waals surface area contributed by atoms with Crippen molar-refractivity contribution in [1.29, 1.82) is 0 Å². The van der Waals surface area contributed by atoms with Crippen LogP contribution in [-0.2, 0) is 9.59 Å². The Morgan fingerprint density at radius 2 is 1.79 bits per heavy atom. The first kappa shape index (κ1) is 14.5. The number of carbonyl (C=O) groups excluding carboxylic acids is 2. The van der Waals surface area contributed by atoms with Gasteiger partial charge in [-0.2, -0.15) is 0 Å². The molecule has 1 saturated carbocycles. The maximum Gasteiger partial charge on any atom is 0.229 e. The first-order valence-electron chi connectivity index (χ1n) is 7.79. The van der Waals surface area contributed by atoms with E-state index >= 15 is 0 Å². The summed E-state index contributed by atoms with van der Waals surface area (Å²) in [6.07, 6.45) is 8.28. The molecule has 4 nitrogen and oxygen atoms in total. The SMILES string of the molecule is CCCNC(CN1C(=O)CCC1=O)C1CCCCC1. The lowest BCUT2D eigenvalue weighted by Gasteiger charge is -2.33. The van der Waals surface area contributed by atoms with Gasteiger partial charge in [0, 0.05) is 25.4 Å². The molecular weight excluding hydrogens is 240 g/mol. The number of hydrogen-bond acceptors (Lipinski definition) is 3. The number of carbonyl (C=O) groups is 2. The van der Waals surface area contributed by atoms with E-state index in [0.717, 1.165) is 13.0 Å². The van der Waals surface area contributed by atoms with Crippen molar-refractivity contribution in [3.8, 4) is 0 Å². The first-order chi connectivity index (χ1) is 9.22. The molecule has 0 aromatic heterocycles. The third-order valence-corrected chi connectivity index (χ3v) is 4.41. The van der Waals surface area contributed by atoms with E-state index in [-0.39, 0.29) is 11.8 Å². The number of likely N-dealkylation sites (tertiary alicyclic amines) is 1. The molecule has 0 radical (unpaired) electrons. The van der Waals surface area contributed by atoms with E-state index in [2.05, 4.69) is 12.2 Å². The van der Waals surface area contributed by atoms with Gasteiger partial charge in [-0.1, -0.05) is 26.2 Å². The molecule has 1 aliphatic carbocycles. The van der Waals surface area contributed by atoms with Gasteiger partial charge in [0.25, 0.3) is 0 Å². The van der Waals surface area contributed by atoms with Crippen LogP contribution in [0, 0.1) is 5.92 Å². The lowest BCUT2D eigenvalue weighted by molar-refractivity contribution is -0.139. The van der Waals surface area contributed by atoms with Crippen molar-refractivity contribution >= 4 is 11.8 Å². The highest BCUT2D eigenvalue weighted by Crippen LogP contribution is 2.27. The molecule has 1 unspecified atom stereocenters. The van der Waals surface area contributed by atoms with Gasteiger partial charge in [-0.15, -0.1) is 0 Å². The van der Waals surface area contributed by atoms with Crippen LogP contribution in [0.1, 0.15) is 58.3 Å². The highest BCUT2D eigenvalue weighted by atomic mass is 16.2. The number of rotatable bonds is 6. The maximum atomic E-state index is 11.8. The summed E-state index contributed by atoms with van der Waals surface area (Å²) < 4.78 is 0. The van der Waals surface area contributed by atoms with Crippen LogP contribution in [0.5, 0.6) is 0 Å². The molecule has 108 valence electrons. The minimum atomic E-state index is 0.0177. The van der Waals surface area contributed by atoms with Crippen molar-refractivity contribution in [2.75, 3.05) is 13.1 Å². The van der Waals surface area contributed by atoms with Crippen LogP contribution in [0.2, 0.25) is 0 Å². The standard InChI is InChI=1S/C15H26N2O2/c1-2-10-16-13(12-6-4-3-5-7-12)11-17-14(18)8-9-15(17)19/h12-13,16H,2-11H2,1H3. The van der Waals surface area contributed by atoms with Gasteiger partial charge in [0.05, 0.1) is 0 Å².